The van der Waals surface area contributed by atoms with Gasteiger partial charge in [0.1, 0.15) is 0 Å². The lowest BCUT2D eigenvalue weighted by molar-refractivity contribution is -0.0591. The SMILES string of the molecule is CC(C)NC(=O)N1CCCCN2[C@@H](CO)[C@H](c3ccc(C#Cc4ccccc4)cc3)[C@@H]2C1. The van der Waals surface area contributed by atoms with E-state index in [0.717, 1.165) is 37.1 Å². The molecule has 32 heavy (non-hydrogen) atoms. The lowest BCUT2D eigenvalue weighted by atomic mass is 9.74. The normalized spacial score (nSPS) is 23.2. The number of aliphatic hydroxyl groups is 1. The van der Waals surface area contributed by atoms with Crippen molar-refractivity contribution in [2.75, 3.05) is 26.2 Å². The summed E-state index contributed by atoms with van der Waals surface area (Å²) in [5.74, 6) is 6.65. The number of rotatable bonds is 3. The van der Waals surface area contributed by atoms with Crippen molar-refractivity contribution in [1.29, 1.82) is 0 Å². The number of hydrogen-bond donors (Lipinski definition) is 2. The second-order valence-electron chi connectivity index (χ2n) is 9.08. The van der Waals surface area contributed by atoms with Crippen molar-refractivity contribution in [2.24, 2.45) is 0 Å². The van der Waals surface area contributed by atoms with E-state index in [-0.39, 0.29) is 36.7 Å². The van der Waals surface area contributed by atoms with E-state index in [4.69, 9.17) is 0 Å². The van der Waals surface area contributed by atoms with Crippen molar-refractivity contribution < 1.29 is 9.90 Å². The van der Waals surface area contributed by atoms with Crippen molar-refractivity contribution >= 4 is 6.03 Å². The summed E-state index contributed by atoms with van der Waals surface area (Å²) >= 11 is 0. The van der Waals surface area contributed by atoms with Crippen LogP contribution < -0.4 is 5.32 Å². The molecule has 2 fully saturated rings. The third kappa shape index (κ3) is 4.98. The number of aliphatic hydroxyl groups excluding tert-OH is 1. The number of carbonyl (C=O) groups is 1. The van der Waals surface area contributed by atoms with Crippen LogP contribution in [0.15, 0.2) is 54.6 Å². The maximum atomic E-state index is 12.7. The first-order valence-electron chi connectivity index (χ1n) is 11.7. The summed E-state index contributed by atoms with van der Waals surface area (Å²) in [7, 11) is 0. The van der Waals surface area contributed by atoms with Gasteiger partial charge in [0, 0.05) is 48.3 Å². The van der Waals surface area contributed by atoms with Crippen LogP contribution in [0.4, 0.5) is 4.79 Å². The number of urea groups is 1. The van der Waals surface area contributed by atoms with E-state index in [0.29, 0.717) is 6.54 Å². The molecule has 2 aromatic rings. The Bertz CT molecular complexity index is 962. The maximum Gasteiger partial charge on any atom is 0.317 e. The molecule has 0 saturated carbocycles. The summed E-state index contributed by atoms with van der Waals surface area (Å²) in [6.07, 6.45) is 2.03. The molecular formula is C27H33N3O2. The average molecular weight is 432 g/mol. The van der Waals surface area contributed by atoms with Crippen molar-refractivity contribution in [3.63, 3.8) is 0 Å². The summed E-state index contributed by atoms with van der Waals surface area (Å²) < 4.78 is 0. The smallest absolute Gasteiger partial charge is 0.317 e. The van der Waals surface area contributed by atoms with Crippen molar-refractivity contribution in [3.05, 3.63) is 71.3 Å². The molecule has 2 heterocycles. The van der Waals surface area contributed by atoms with Crippen LogP contribution in [0.2, 0.25) is 0 Å². The highest BCUT2D eigenvalue weighted by atomic mass is 16.3. The number of benzene rings is 2. The molecule has 0 bridgehead atoms. The Labute approximate surface area is 191 Å². The highest BCUT2D eigenvalue weighted by molar-refractivity contribution is 5.74. The van der Waals surface area contributed by atoms with E-state index in [1.165, 1.54) is 5.56 Å². The van der Waals surface area contributed by atoms with Crippen LogP contribution in [0.3, 0.4) is 0 Å². The van der Waals surface area contributed by atoms with Crippen LogP contribution in [0.25, 0.3) is 0 Å². The molecular weight excluding hydrogens is 398 g/mol. The number of amides is 2. The molecule has 0 spiro atoms. The highest BCUT2D eigenvalue weighted by Crippen LogP contribution is 2.41. The number of hydrogen-bond acceptors (Lipinski definition) is 3. The number of fused-ring (bicyclic) bond motifs is 1. The Kier molecular flexibility index (Phi) is 7.14. The van der Waals surface area contributed by atoms with Gasteiger partial charge in [-0.1, -0.05) is 42.2 Å². The summed E-state index contributed by atoms with van der Waals surface area (Å²) in [4.78, 5) is 17.1. The first-order chi connectivity index (χ1) is 15.6. The molecule has 5 nitrogen and oxygen atoms in total. The Balaban J connectivity index is 1.51. The van der Waals surface area contributed by atoms with E-state index >= 15 is 0 Å². The van der Waals surface area contributed by atoms with Crippen LogP contribution in [0, 0.1) is 11.8 Å². The Morgan fingerprint density at radius 1 is 1.03 bits per heavy atom. The van der Waals surface area contributed by atoms with Crippen molar-refractivity contribution in [2.45, 2.75) is 50.7 Å². The maximum absolute atomic E-state index is 12.7. The van der Waals surface area contributed by atoms with Gasteiger partial charge in [0.25, 0.3) is 0 Å². The molecule has 5 heteroatoms. The topological polar surface area (TPSA) is 55.8 Å². The van der Waals surface area contributed by atoms with E-state index in [2.05, 4.69) is 46.3 Å². The Morgan fingerprint density at radius 2 is 1.69 bits per heavy atom. The van der Waals surface area contributed by atoms with Gasteiger partial charge in [-0.05, 0) is 63.1 Å². The molecule has 2 aliphatic rings. The molecule has 2 aliphatic heterocycles. The Morgan fingerprint density at radius 3 is 2.34 bits per heavy atom. The summed E-state index contributed by atoms with van der Waals surface area (Å²) in [5, 5.41) is 13.2. The zero-order valence-corrected chi connectivity index (χ0v) is 19.0. The van der Waals surface area contributed by atoms with Crippen LogP contribution in [0.5, 0.6) is 0 Å². The van der Waals surface area contributed by atoms with Gasteiger partial charge in [-0.2, -0.15) is 0 Å². The molecule has 0 unspecified atom stereocenters. The fraction of sp³-hybridized carbons (Fsp3) is 0.444. The predicted molar refractivity (Wildman–Crippen MR) is 127 cm³/mol. The zero-order valence-electron chi connectivity index (χ0n) is 19.0. The number of nitrogens with one attached hydrogen (secondary N) is 1. The first kappa shape index (κ1) is 22.4. The molecule has 4 rings (SSSR count). The second-order valence-corrected chi connectivity index (χ2v) is 9.08. The molecule has 168 valence electrons. The van der Waals surface area contributed by atoms with Gasteiger partial charge < -0.3 is 15.3 Å². The average Bonchev–Trinajstić information content (AvgIpc) is 2.77. The Hall–Kier alpha value is -2.81. The molecule has 2 N–H and O–H groups in total. The van der Waals surface area contributed by atoms with E-state index in [9.17, 15) is 9.90 Å². The van der Waals surface area contributed by atoms with E-state index < -0.39 is 0 Å². The molecule has 0 aromatic heterocycles. The predicted octanol–water partition coefficient (Wildman–Crippen LogP) is 3.43. The molecule has 2 amide bonds. The van der Waals surface area contributed by atoms with Crippen LogP contribution in [0.1, 0.15) is 49.3 Å². The molecule has 2 aromatic carbocycles. The van der Waals surface area contributed by atoms with Gasteiger partial charge in [0.15, 0.2) is 0 Å². The fourth-order valence-electron chi connectivity index (χ4n) is 4.92. The second kappa shape index (κ2) is 10.2. The van der Waals surface area contributed by atoms with Crippen LogP contribution >= 0.6 is 0 Å². The minimum absolute atomic E-state index is 0.0135. The monoisotopic (exact) mass is 431 g/mol. The van der Waals surface area contributed by atoms with Crippen LogP contribution in [-0.2, 0) is 0 Å². The number of nitrogens with zero attached hydrogens (tertiary/aromatic N) is 2. The lowest BCUT2D eigenvalue weighted by Gasteiger charge is -2.57. The van der Waals surface area contributed by atoms with Crippen molar-refractivity contribution in [1.82, 2.24) is 15.1 Å². The minimum atomic E-state index is 0.0135. The molecule has 0 radical (unpaired) electrons. The molecule has 0 aliphatic carbocycles. The standard InChI is InChI=1S/C27H33N3O2/c1-20(2)28-27(32)29-16-6-7-17-30-24(18-29)26(25(30)19-31)23-14-12-22(13-15-23)11-10-21-8-4-3-5-9-21/h3-5,8-9,12-15,20,24-26,31H,6-7,16-19H2,1-2H3,(H,28,32)/t24-,25-,26+/m0/s1. The van der Waals surface area contributed by atoms with Gasteiger partial charge in [-0.15, -0.1) is 0 Å². The summed E-state index contributed by atoms with van der Waals surface area (Å²) in [6, 6.07) is 18.8. The van der Waals surface area contributed by atoms with Crippen molar-refractivity contribution in [3.8, 4) is 11.8 Å². The lowest BCUT2D eigenvalue weighted by Crippen LogP contribution is -2.68. The summed E-state index contributed by atoms with van der Waals surface area (Å²) in [6.45, 7) is 6.57. The quantitative estimate of drug-likeness (QED) is 0.732. The third-order valence-electron chi connectivity index (χ3n) is 6.49. The zero-order chi connectivity index (χ0) is 22.5. The van der Waals surface area contributed by atoms with Gasteiger partial charge in [0.05, 0.1) is 6.61 Å². The van der Waals surface area contributed by atoms with Crippen LogP contribution in [-0.4, -0.2) is 65.3 Å². The summed E-state index contributed by atoms with van der Waals surface area (Å²) in [5.41, 5.74) is 3.19. The molecule has 2 saturated heterocycles. The van der Waals surface area contributed by atoms with Gasteiger partial charge in [0.2, 0.25) is 0 Å². The highest BCUT2D eigenvalue weighted by Gasteiger charge is 2.49. The van der Waals surface area contributed by atoms with Gasteiger partial charge >= 0.3 is 6.03 Å². The fourth-order valence-corrected chi connectivity index (χ4v) is 4.92. The third-order valence-corrected chi connectivity index (χ3v) is 6.49. The van der Waals surface area contributed by atoms with E-state index in [1.807, 2.05) is 49.1 Å². The number of carbonyl (C=O) groups excluding carboxylic acids is 1. The first-order valence-corrected chi connectivity index (χ1v) is 11.7. The molecule has 3 atom stereocenters. The van der Waals surface area contributed by atoms with E-state index in [1.54, 1.807) is 0 Å². The van der Waals surface area contributed by atoms with Gasteiger partial charge in [-0.3, -0.25) is 4.90 Å². The van der Waals surface area contributed by atoms with Gasteiger partial charge in [-0.25, -0.2) is 4.79 Å². The minimum Gasteiger partial charge on any atom is -0.395 e. The largest absolute Gasteiger partial charge is 0.395 e.